The van der Waals surface area contributed by atoms with E-state index in [1.165, 1.54) is 12.1 Å². The third kappa shape index (κ3) is 3.23. The summed E-state index contributed by atoms with van der Waals surface area (Å²) in [5.41, 5.74) is 0.682. The first kappa shape index (κ1) is 15.9. The van der Waals surface area contributed by atoms with Crippen LogP contribution in [0.25, 0.3) is 11.0 Å². The van der Waals surface area contributed by atoms with Gasteiger partial charge in [0.1, 0.15) is 17.4 Å². The van der Waals surface area contributed by atoms with Crippen LogP contribution in [0.3, 0.4) is 0 Å². The Bertz CT molecular complexity index is 754. The molecule has 0 bridgehead atoms. The predicted molar refractivity (Wildman–Crippen MR) is 80.2 cm³/mol. The minimum Gasteiger partial charge on any atom is -0.462 e. The molecule has 0 aliphatic carbocycles. The molecule has 1 fully saturated rings. The van der Waals surface area contributed by atoms with Crippen molar-refractivity contribution in [1.29, 1.82) is 0 Å². The van der Waals surface area contributed by atoms with Gasteiger partial charge in [-0.3, -0.25) is 0 Å². The van der Waals surface area contributed by atoms with Gasteiger partial charge < -0.3 is 29.2 Å². The molecule has 1 aliphatic heterocycles. The van der Waals surface area contributed by atoms with Crippen molar-refractivity contribution in [1.82, 2.24) is 0 Å². The summed E-state index contributed by atoms with van der Waals surface area (Å²) in [6, 6.07) is 6.31. The van der Waals surface area contributed by atoms with Gasteiger partial charge in [-0.25, -0.2) is 4.79 Å². The highest BCUT2D eigenvalue weighted by Crippen LogP contribution is 2.27. The molecule has 4 atom stereocenters. The monoisotopic (exact) mass is 322 g/mol. The average molecular weight is 322 g/mol. The topological polar surface area (TPSA) is 109 Å². The van der Waals surface area contributed by atoms with Gasteiger partial charge in [0.05, 0.1) is 18.8 Å². The zero-order valence-electron chi connectivity index (χ0n) is 12.5. The maximum Gasteiger partial charge on any atom is 0.336 e. The molecule has 23 heavy (non-hydrogen) atoms. The number of hydrogen-bond acceptors (Lipinski definition) is 7. The standard InChI is InChI=1S/C16H18O7/c1-8-4-14(19)23-13-6-9(2-3-11(8)13)21-16-15(20)12(18)5-10(7-17)22-16/h2-4,6,10,12,15-18,20H,5,7H2,1H3/t10-,12-,15+,16?/m0/s1. The molecule has 124 valence electrons. The smallest absolute Gasteiger partial charge is 0.336 e. The van der Waals surface area contributed by atoms with E-state index in [9.17, 15) is 15.0 Å². The maximum absolute atomic E-state index is 11.4. The Kier molecular flexibility index (Phi) is 4.36. The summed E-state index contributed by atoms with van der Waals surface area (Å²) in [4.78, 5) is 11.4. The van der Waals surface area contributed by atoms with Gasteiger partial charge in [0.2, 0.25) is 6.29 Å². The van der Waals surface area contributed by atoms with E-state index in [0.29, 0.717) is 11.3 Å². The molecule has 0 saturated carbocycles. The van der Waals surface area contributed by atoms with E-state index in [1.54, 1.807) is 19.1 Å². The lowest BCUT2D eigenvalue weighted by molar-refractivity contribution is -0.240. The van der Waals surface area contributed by atoms with Crippen molar-refractivity contribution in [3.8, 4) is 5.75 Å². The third-order valence-electron chi connectivity index (χ3n) is 3.88. The molecular formula is C16H18O7. The first-order chi connectivity index (χ1) is 11.0. The van der Waals surface area contributed by atoms with Gasteiger partial charge in [0.15, 0.2) is 0 Å². The van der Waals surface area contributed by atoms with Crippen molar-refractivity contribution in [2.45, 2.75) is 37.9 Å². The fraction of sp³-hybridized carbons (Fsp3) is 0.438. The van der Waals surface area contributed by atoms with Gasteiger partial charge in [-0.05, 0) is 24.6 Å². The number of fused-ring (bicyclic) bond motifs is 1. The zero-order valence-corrected chi connectivity index (χ0v) is 12.5. The normalized spacial score (nSPS) is 28.0. The lowest BCUT2D eigenvalue weighted by Crippen LogP contribution is -2.51. The SMILES string of the molecule is Cc1cc(=O)oc2cc(OC3O[C@H](CO)C[C@H](O)[C@H]3O)ccc12. The van der Waals surface area contributed by atoms with Crippen LogP contribution in [0.5, 0.6) is 5.75 Å². The van der Waals surface area contributed by atoms with Crippen LogP contribution in [0.4, 0.5) is 0 Å². The van der Waals surface area contributed by atoms with E-state index in [0.717, 1.165) is 10.9 Å². The van der Waals surface area contributed by atoms with E-state index in [1.807, 2.05) is 0 Å². The van der Waals surface area contributed by atoms with Crippen LogP contribution in [-0.4, -0.2) is 46.5 Å². The van der Waals surface area contributed by atoms with Crippen molar-refractivity contribution in [2.24, 2.45) is 0 Å². The molecule has 7 heteroatoms. The lowest BCUT2D eigenvalue weighted by atomic mass is 10.0. The zero-order chi connectivity index (χ0) is 16.6. The summed E-state index contributed by atoms with van der Waals surface area (Å²) in [7, 11) is 0. The van der Waals surface area contributed by atoms with Gasteiger partial charge in [-0.15, -0.1) is 0 Å². The van der Waals surface area contributed by atoms with Crippen molar-refractivity contribution >= 4 is 11.0 Å². The Labute approximate surface area is 131 Å². The second-order valence-electron chi connectivity index (χ2n) is 5.63. The Morgan fingerprint density at radius 2 is 2.09 bits per heavy atom. The van der Waals surface area contributed by atoms with Crippen molar-refractivity contribution in [2.75, 3.05) is 6.61 Å². The van der Waals surface area contributed by atoms with Crippen LogP contribution in [-0.2, 0) is 4.74 Å². The Morgan fingerprint density at radius 3 is 2.83 bits per heavy atom. The van der Waals surface area contributed by atoms with Crippen molar-refractivity contribution in [3.63, 3.8) is 0 Å². The molecule has 1 aromatic heterocycles. The van der Waals surface area contributed by atoms with Crippen LogP contribution in [0.15, 0.2) is 33.5 Å². The Hall–Kier alpha value is -1.93. The van der Waals surface area contributed by atoms with Crippen LogP contribution >= 0.6 is 0 Å². The van der Waals surface area contributed by atoms with E-state index >= 15 is 0 Å². The lowest BCUT2D eigenvalue weighted by Gasteiger charge is -2.36. The number of benzene rings is 1. The molecule has 1 aromatic carbocycles. The molecule has 1 aliphatic rings. The predicted octanol–water partition coefficient (Wildman–Crippen LogP) is 0.309. The first-order valence-corrected chi connectivity index (χ1v) is 7.31. The molecule has 0 radical (unpaired) electrons. The summed E-state index contributed by atoms with van der Waals surface area (Å²) in [5.74, 6) is 0.320. The summed E-state index contributed by atoms with van der Waals surface area (Å²) in [6.45, 7) is 1.52. The quantitative estimate of drug-likeness (QED) is 0.698. The Balaban J connectivity index is 1.87. The average Bonchev–Trinajstić information content (AvgIpc) is 2.51. The van der Waals surface area contributed by atoms with Crippen molar-refractivity contribution < 1.29 is 29.2 Å². The molecule has 2 heterocycles. The van der Waals surface area contributed by atoms with Gasteiger partial charge in [-0.2, -0.15) is 0 Å². The minimum absolute atomic E-state index is 0.128. The fourth-order valence-electron chi connectivity index (χ4n) is 2.64. The van der Waals surface area contributed by atoms with E-state index in [4.69, 9.17) is 19.0 Å². The largest absolute Gasteiger partial charge is 0.462 e. The minimum atomic E-state index is -1.24. The van der Waals surface area contributed by atoms with Gasteiger partial charge in [-0.1, -0.05) is 0 Å². The summed E-state index contributed by atoms with van der Waals surface area (Å²) in [6.07, 6.45) is -3.89. The summed E-state index contributed by atoms with van der Waals surface area (Å²) in [5, 5.41) is 29.7. The molecule has 1 saturated heterocycles. The molecule has 2 aromatic rings. The van der Waals surface area contributed by atoms with E-state index in [-0.39, 0.29) is 13.0 Å². The third-order valence-corrected chi connectivity index (χ3v) is 3.88. The number of aliphatic hydroxyl groups is 3. The number of hydrogen-bond donors (Lipinski definition) is 3. The van der Waals surface area contributed by atoms with Crippen LogP contribution in [0.1, 0.15) is 12.0 Å². The highest BCUT2D eigenvalue weighted by molar-refractivity contribution is 5.81. The van der Waals surface area contributed by atoms with E-state index in [2.05, 4.69) is 0 Å². The number of ether oxygens (including phenoxy) is 2. The van der Waals surface area contributed by atoms with E-state index < -0.39 is 30.2 Å². The molecule has 1 unspecified atom stereocenters. The molecule has 0 amide bonds. The molecule has 0 spiro atoms. The summed E-state index contributed by atoms with van der Waals surface area (Å²) < 4.78 is 16.1. The first-order valence-electron chi connectivity index (χ1n) is 7.31. The summed E-state index contributed by atoms with van der Waals surface area (Å²) >= 11 is 0. The molecule has 3 rings (SSSR count). The highest BCUT2D eigenvalue weighted by Gasteiger charge is 2.38. The second-order valence-corrected chi connectivity index (χ2v) is 5.63. The van der Waals surface area contributed by atoms with Gasteiger partial charge in [0.25, 0.3) is 0 Å². The number of aliphatic hydroxyl groups excluding tert-OH is 3. The molecule has 7 nitrogen and oxygen atoms in total. The Morgan fingerprint density at radius 1 is 1.30 bits per heavy atom. The number of rotatable bonds is 3. The highest BCUT2D eigenvalue weighted by atomic mass is 16.7. The van der Waals surface area contributed by atoms with Crippen LogP contribution in [0, 0.1) is 6.92 Å². The maximum atomic E-state index is 11.4. The van der Waals surface area contributed by atoms with Crippen molar-refractivity contribution in [3.05, 3.63) is 40.2 Å². The van der Waals surface area contributed by atoms with Crippen LogP contribution in [0.2, 0.25) is 0 Å². The van der Waals surface area contributed by atoms with Gasteiger partial charge >= 0.3 is 5.63 Å². The van der Waals surface area contributed by atoms with Gasteiger partial charge in [0, 0.05) is 23.9 Å². The fourth-order valence-corrected chi connectivity index (χ4v) is 2.64. The number of aryl methyl sites for hydroxylation is 1. The molecule has 3 N–H and O–H groups in total. The van der Waals surface area contributed by atoms with Crippen LogP contribution < -0.4 is 10.4 Å². The molecular weight excluding hydrogens is 304 g/mol. The second kappa shape index (κ2) is 6.29.